The van der Waals surface area contributed by atoms with Crippen molar-refractivity contribution in [2.24, 2.45) is 4.99 Å². The highest BCUT2D eigenvalue weighted by molar-refractivity contribution is 8.15. The largest absolute Gasteiger partial charge is 0.493 e. The molecule has 0 spiro atoms. The molecule has 1 saturated heterocycles. The Labute approximate surface area is 207 Å². The molecular formula is C26H24FN3O4S. The van der Waals surface area contributed by atoms with Crippen molar-refractivity contribution in [1.82, 2.24) is 4.90 Å². The molecule has 3 aromatic rings. The van der Waals surface area contributed by atoms with Gasteiger partial charge in [-0.1, -0.05) is 48.2 Å². The molecule has 0 radical (unpaired) electrons. The fraction of sp³-hybridized carbons (Fsp3) is 0.192. The van der Waals surface area contributed by atoms with Crippen molar-refractivity contribution in [2.45, 2.75) is 18.2 Å². The number of para-hydroxylation sites is 2. The van der Waals surface area contributed by atoms with E-state index >= 15 is 0 Å². The second-order valence-electron chi connectivity index (χ2n) is 7.68. The van der Waals surface area contributed by atoms with Crippen LogP contribution in [0.25, 0.3) is 0 Å². The highest BCUT2D eigenvalue weighted by atomic mass is 32.2. The SMILES string of the molecule is COc1ccc(CN2C(=O)CC(C(=O)Nc3ccccc3F)SC2=Nc2ccccc2)cc1OC. The Morgan fingerprint density at radius 2 is 1.77 bits per heavy atom. The predicted octanol–water partition coefficient (Wildman–Crippen LogP) is 5.00. The van der Waals surface area contributed by atoms with Crippen LogP contribution in [0.5, 0.6) is 11.5 Å². The van der Waals surface area contributed by atoms with E-state index in [0.29, 0.717) is 22.4 Å². The molecule has 35 heavy (non-hydrogen) atoms. The Morgan fingerprint density at radius 3 is 2.49 bits per heavy atom. The fourth-order valence-corrected chi connectivity index (χ4v) is 4.65. The minimum atomic E-state index is -0.758. The van der Waals surface area contributed by atoms with Gasteiger partial charge < -0.3 is 14.8 Å². The van der Waals surface area contributed by atoms with Crippen molar-refractivity contribution in [3.05, 3.63) is 84.2 Å². The first-order chi connectivity index (χ1) is 17.0. The Morgan fingerprint density at radius 1 is 1.06 bits per heavy atom. The molecule has 9 heteroatoms. The summed E-state index contributed by atoms with van der Waals surface area (Å²) in [6, 6.07) is 20.5. The van der Waals surface area contributed by atoms with Gasteiger partial charge in [0.2, 0.25) is 11.8 Å². The molecule has 7 nitrogen and oxygen atoms in total. The zero-order chi connectivity index (χ0) is 24.8. The number of amidine groups is 1. The first-order valence-electron chi connectivity index (χ1n) is 10.9. The zero-order valence-electron chi connectivity index (χ0n) is 19.2. The van der Waals surface area contributed by atoms with Gasteiger partial charge in [0.15, 0.2) is 16.7 Å². The van der Waals surface area contributed by atoms with Crippen LogP contribution < -0.4 is 14.8 Å². The minimum absolute atomic E-state index is 0.0496. The lowest BCUT2D eigenvalue weighted by Gasteiger charge is -2.32. The van der Waals surface area contributed by atoms with Crippen LogP contribution in [0.15, 0.2) is 77.8 Å². The number of methoxy groups -OCH3 is 2. The molecule has 1 N–H and O–H groups in total. The number of amides is 2. The van der Waals surface area contributed by atoms with E-state index in [0.717, 1.165) is 5.56 Å². The van der Waals surface area contributed by atoms with Crippen LogP contribution >= 0.6 is 11.8 Å². The van der Waals surface area contributed by atoms with E-state index in [-0.39, 0.29) is 24.6 Å². The van der Waals surface area contributed by atoms with Crippen LogP contribution in [0, 0.1) is 5.82 Å². The summed E-state index contributed by atoms with van der Waals surface area (Å²) in [6.45, 7) is 0.236. The molecule has 4 rings (SSSR count). The lowest BCUT2D eigenvalue weighted by molar-refractivity contribution is -0.129. The number of halogens is 1. The van der Waals surface area contributed by atoms with Crippen LogP contribution in [0.2, 0.25) is 0 Å². The number of nitrogens with one attached hydrogen (secondary N) is 1. The summed E-state index contributed by atoms with van der Waals surface area (Å²) >= 11 is 1.17. The summed E-state index contributed by atoms with van der Waals surface area (Å²) in [5.74, 6) is -0.132. The Hall–Kier alpha value is -3.85. The second kappa shape index (κ2) is 11.1. The molecule has 1 heterocycles. The van der Waals surface area contributed by atoms with Gasteiger partial charge >= 0.3 is 0 Å². The molecular weight excluding hydrogens is 469 g/mol. The van der Waals surface area contributed by atoms with Gasteiger partial charge in [0.1, 0.15) is 11.1 Å². The normalized spacial score (nSPS) is 16.8. The number of rotatable bonds is 7. The fourth-order valence-electron chi connectivity index (χ4n) is 3.55. The topological polar surface area (TPSA) is 80.2 Å². The highest BCUT2D eigenvalue weighted by Gasteiger charge is 2.36. The van der Waals surface area contributed by atoms with E-state index in [4.69, 9.17) is 9.47 Å². The molecule has 180 valence electrons. The molecule has 1 aliphatic heterocycles. The number of carbonyl (C=O) groups is 2. The van der Waals surface area contributed by atoms with Gasteiger partial charge in [0, 0.05) is 6.42 Å². The average Bonchev–Trinajstić information content (AvgIpc) is 2.87. The third-order valence-corrected chi connectivity index (χ3v) is 6.52. The van der Waals surface area contributed by atoms with Crippen LogP contribution in [-0.4, -0.2) is 41.4 Å². The summed E-state index contributed by atoms with van der Waals surface area (Å²) in [5.41, 5.74) is 1.53. The smallest absolute Gasteiger partial charge is 0.238 e. The summed E-state index contributed by atoms with van der Waals surface area (Å²) in [4.78, 5) is 32.4. The molecule has 1 unspecified atom stereocenters. The third kappa shape index (κ3) is 5.81. The summed E-state index contributed by atoms with van der Waals surface area (Å²) in [5, 5.41) is 2.21. The van der Waals surface area contributed by atoms with E-state index in [1.165, 1.54) is 23.9 Å². The number of nitrogens with zero attached hydrogens (tertiary/aromatic N) is 2. The second-order valence-corrected chi connectivity index (χ2v) is 8.85. The number of aliphatic imine (C=N–C) groups is 1. The predicted molar refractivity (Wildman–Crippen MR) is 135 cm³/mol. The molecule has 0 aliphatic carbocycles. The van der Waals surface area contributed by atoms with Crippen molar-refractivity contribution in [3.8, 4) is 11.5 Å². The Kier molecular flexibility index (Phi) is 7.67. The summed E-state index contributed by atoms with van der Waals surface area (Å²) in [6.07, 6.45) is -0.0496. The summed E-state index contributed by atoms with van der Waals surface area (Å²) in [7, 11) is 3.10. The van der Waals surface area contributed by atoms with E-state index in [1.54, 1.807) is 43.4 Å². The number of anilines is 1. The molecule has 2 amide bonds. The van der Waals surface area contributed by atoms with Crippen LogP contribution in [0.3, 0.4) is 0 Å². The van der Waals surface area contributed by atoms with Crippen LogP contribution in [0.1, 0.15) is 12.0 Å². The molecule has 1 aliphatic rings. The third-order valence-electron chi connectivity index (χ3n) is 5.33. The van der Waals surface area contributed by atoms with Gasteiger partial charge in [0.25, 0.3) is 0 Å². The highest BCUT2D eigenvalue weighted by Crippen LogP contribution is 2.33. The lowest BCUT2D eigenvalue weighted by Crippen LogP contribution is -2.44. The van der Waals surface area contributed by atoms with Crippen molar-refractivity contribution in [1.29, 1.82) is 0 Å². The van der Waals surface area contributed by atoms with Gasteiger partial charge in [-0.15, -0.1) is 0 Å². The number of ether oxygens (including phenoxy) is 2. The molecule has 0 saturated carbocycles. The summed E-state index contributed by atoms with van der Waals surface area (Å²) < 4.78 is 24.7. The lowest BCUT2D eigenvalue weighted by atomic mass is 10.1. The van der Waals surface area contributed by atoms with Gasteiger partial charge in [-0.3, -0.25) is 14.5 Å². The van der Waals surface area contributed by atoms with Gasteiger partial charge in [-0.05, 0) is 42.0 Å². The van der Waals surface area contributed by atoms with E-state index < -0.39 is 17.0 Å². The maximum atomic E-state index is 14.0. The Bertz CT molecular complexity index is 1250. The quantitative estimate of drug-likeness (QED) is 0.501. The van der Waals surface area contributed by atoms with Gasteiger partial charge in [-0.2, -0.15) is 0 Å². The number of hydrogen-bond donors (Lipinski definition) is 1. The molecule has 0 bridgehead atoms. The van der Waals surface area contributed by atoms with Crippen LogP contribution in [-0.2, 0) is 16.1 Å². The average molecular weight is 494 g/mol. The number of carbonyl (C=O) groups excluding carboxylic acids is 2. The first-order valence-corrected chi connectivity index (χ1v) is 11.7. The van der Waals surface area contributed by atoms with E-state index in [9.17, 15) is 14.0 Å². The van der Waals surface area contributed by atoms with Crippen molar-refractivity contribution in [2.75, 3.05) is 19.5 Å². The minimum Gasteiger partial charge on any atom is -0.493 e. The van der Waals surface area contributed by atoms with Crippen LogP contribution in [0.4, 0.5) is 15.8 Å². The first kappa shape index (κ1) is 24.3. The van der Waals surface area contributed by atoms with Crippen molar-refractivity contribution < 1.29 is 23.5 Å². The standard InChI is InChI=1S/C26H24FN3O4S/c1-33-21-13-12-17(14-22(21)34-2)16-30-24(31)15-23(25(32)29-20-11-7-6-10-19(20)27)35-26(30)28-18-8-4-3-5-9-18/h3-14,23H,15-16H2,1-2H3,(H,29,32). The van der Waals surface area contributed by atoms with E-state index in [1.807, 2.05) is 36.4 Å². The van der Waals surface area contributed by atoms with Crippen molar-refractivity contribution in [3.63, 3.8) is 0 Å². The Balaban J connectivity index is 1.61. The van der Waals surface area contributed by atoms with Gasteiger partial charge in [-0.25, -0.2) is 9.38 Å². The zero-order valence-corrected chi connectivity index (χ0v) is 20.0. The number of benzene rings is 3. The molecule has 3 aromatic carbocycles. The molecule has 1 atom stereocenters. The van der Waals surface area contributed by atoms with Crippen molar-refractivity contribution >= 4 is 40.1 Å². The number of hydrogen-bond acceptors (Lipinski definition) is 6. The number of thioether (sulfide) groups is 1. The van der Waals surface area contributed by atoms with E-state index in [2.05, 4.69) is 10.3 Å². The maximum absolute atomic E-state index is 14.0. The molecule has 0 aromatic heterocycles. The monoisotopic (exact) mass is 493 g/mol. The maximum Gasteiger partial charge on any atom is 0.238 e. The molecule has 1 fully saturated rings. The van der Waals surface area contributed by atoms with Gasteiger partial charge in [0.05, 0.1) is 32.1 Å².